The smallest absolute Gasteiger partial charge is 0.249 e. The van der Waals surface area contributed by atoms with Crippen molar-refractivity contribution in [3.63, 3.8) is 0 Å². The second kappa shape index (κ2) is 3.06. The van der Waals surface area contributed by atoms with E-state index in [0.29, 0.717) is 10.8 Å². The van der Waals surface area contributed by atoms with Crippen LogP contribution in [0.3, 0.4) is 0 Å². The summed E-state index contributed by atoms with van der Waals surface area (Å²) < 4.78 is 13.2. The summed E-state index contributed by atoms with van der Waals surface area (Å²) in [6.07, 6.45) is 2.90. The lowest BCUT2D eigenvalue weighted by Gasteiger charge is -2.02. The van der Waals surface area contributed by atoms with Gasteiger partial charge in [-0.25, -0.2) is 4.39 Å². The summed E-state index contributed by atoms with van der Waals surface area (Å²) in [5, 5.41) is 0.802. The molecule has 0 bridgehead atoms. The van der Waals surface area contributed by atoms with Crippen molar-refractivity contribution in [3.8, 4) is 0 Å². The first-order valence-corrected chi connectivity index (χ1v) is 4.02. The highest BCUT2D eigenvalue weighted by molar-refractivity contribution is 6.06. The van der Waals surface area contributed by atoms with Gasteiger partial charge in [0.2, 0.25) is 5.91 Å². The molecule has 3 nitrogen and oxygen atoms in total. The fourth-order valence-electron chi connectivity index (χ4n) is 1.37. The van der Waals surface area contributed by atoms with E-state index in [-0.39, 0.29) is 11.4 Å². The van der Waals surface area contributed by atoms with Crippen LogP contribution in [0.1, 0.15) is 10.4 Å². The van der Waals surface area contributed by atoms with Crippen molar-refractivity contribution in [2.75, 3.05) is 0 Å². The molecule has 0 saturated carbocycles. The first-order valence-electron chi connectivity index (χ1n) is 4.02. The van der Waals surface area contributed by atoms with Crippen molar-refractivity contribution in [1.29, 1.82) is 0 Å². The van der Waals surface area contributed by atoms with Gasteiger partial charge in [0, 0.05) is 28.7 Å². The number of carbonyl (C=O) groups excluding carboxylic acids is 1. The molecule has 0 unspecified atom stereocenters. The third-order valence-corrected chi connectivity index (χ3v) is 2.03. The average Bonchev–Trinajstić information content (AvgIpc) is 2.18. The van der Waals surface area contributed by atoms with E-state index >= 15 is 0 Å². The van der Waals surface area contributed by atoms with Gasteiger partial charge in [-0.2, -0.15) is 0 Å². The van der Waals surface area contributed by atoms with E-state index in [4.69, 9.17) is 5.73 Å². The van der Waals surface area contributed by atoms with Crippen molar-refractivity contribution in [2.45, 2.75) is 0 Å². The molecule has 1 aromatic heterocycles. The molecule has 2 rings (SSSR count). The highest BCUT2D eigenvalue weighted by atomic mass is 19.1. The van der Waals surface area contributed by atoms with Gasteiger partial charge in [-0.3, -0.25) is 9.78 Å². The largest absolute Gasteiger partial charge is 0.366 e. The molecule has 0 fully saturated rings. The van der Waals surface area contributed by atoms with Crippen LogP contribution in [0.25, 0.3) is 10.8 Å². The molecule has 1 amide bonds. The monoisotopic (exact) mass is 190 g/mol. The Hall–Kier alpha value is -1.97. The maximum absolute atomic E-state index is 13.2. The van der Waals surface area contributed by atoms with Crippen molar-refractivity contribution >= 4 is 16.7 Å². The first-order chi connectivity index (χ1) is 6.70. The average molecular weight is 190 g/mol. The number of benzene rings is 1. The van der Waals surface area contributed by atoms with E-state index in [1.165, 1.54) is 30.6 Å². The SMILES string of the molecule is NC(=O)c1ccc(F)c2ccncc12. The van der Waals surface area contributed by atoms with E-state index in [1.807, 2.05) is 0 Å². The molecule has 2 aromatic rings. The number of nitrogens with two attached hydrogens (primary N) is 1. The Morgan fingerprint density at radius 1 is 1.29 bits per heavy atom. The van der Waals surface area contributed by atoms with Crippen LogP contribution in [0.4, 0.5) is 4.39 Å². The Bertz CT molecular complexity index is 510. The lowest BCUT2D eigenvalue weighted by Crippen LogP contribution is -2.11. The number of nitrogens with zero attached hydrogens (tertiary/aromatic N) is 1. The number of hydrogen-bond acceptors (Lipinski definition) is 2. The lowest BCUT2D eigenvalue weighted by molar-refractivity contribution is 0.100. The van der Waals surface area contributed by atoms with Gasteiger partial charge in [-0.05, 0) is 18.2 Å². The molecule has 0 aliphatic heterocycles. The van der Waals surface area contributed by atoms with Crippen LogP contribution >= 0.6 is 0 Å². The minimum Gasteiger partial charge on any atom is -0.366 e. The van der Waals surface area contributed by atoms with E-state index in [9.17, 15) is 9.18 Å². The molecule has 0 aliphatic carbocycles. The fraction of sp³-hybridized carbons (Fsp3) is 0. The topological polar surface area (TPSA) is 56.0 Å². The van der Waals surface area contributed by atoms with Gasteiger partial charge in [0.1, 0.15) is 5.82 Å². The Kier molecular flexibility index (Phi) is 1.89. The third-order valence-electron chi connectivity index (χ3n) is 2.03. The van der Waals surface area contributed by atoms with Gasteiger partial charge < -0.3 is 5.73 Å². The van der Waals surface area contributed by atoms with Crippen molar-refractivity contribution < 1.29 is 9.18 Å². The van der Waals surface area contributed by atoms with Crippen LogP contribution in [-0.2, 0) is 0 Å². The summed E-state index contributed by atoms with van der Waals surface area (Å²) >= 11 is 0. The quantitative estimate of drug-likeness (QED) is 0.740. The van der Waals surface area contributed by atoms with E-state index in [2.05, 4.69) is 4.98 Å². The van der Waals surface area contributed by atoms with Crippen molar-refractivity contribution in [1.82, 2.24) is 4.98 Å². The lowest BCUT2D eigenvalue weighted by atomic mass is 10.1. The molecular formula is C10H7FN2O. The number of rotatable bonds is 1. The van der Waals surface area contributed by atoms with E-state index in [0.717, 1.165) is 0 Å². The molecule has 0 aliphatic rings. The molecule has 1 heterocycles. The number of primary amides is 1. The van der Waals surface area contributed by atoms with Crippen molar-refractivity contribution in [3.05, 3.63) is 42.0 Å². The van der Waals surface area contributed by atoms with Gasteiger partial charge >= 0.3 is 0 Å². The maximum Gasteiger partial charge on any atom is 0.249 e. The normalized spacial score (nSPS) is 10.4. The number of aromatic nitrogens is 1. The second-order valence-corrected chi connectivity index (χ2v) is 2.88. The first kappa shape index (κ1) is 8.62. The minimum atomic E-state index is -0.581. The van der Waals surface area contributed by atoms with Crippen LogP contribution in [0.2, 0.25) is 0 Å². The summed E-state index contributed by atoms with van der Waals surface area (Å²) in [6.45, 7) is 0. The maximum atomic E-state index is 13.2. The summed E-state index contributed by atoms with van der Waals surface area (Å²) in [5.74, 6) is -0.963. The third kappa shape index (κ3) is 1.21. The number of hydrogen-bond donors (Lipinski definition) is 1. The number of amides is 1. The summed E-state index contributed by atoms with van der Waals surface area (Å²) in [4.78, 5) is 14.8. The molecule has 14 heavy (non-hydrogen) atoms. The second-order valence-electron chi connectivity index (χ2n) is 2.88. The number of fused-ring (bicyclic) bond motifs is 1. The molecule has 1 aromatic carbocycles. The van der Waals surface area contributed by atoms with Crippen LogP contribution in [0.5, 0.6) is 0 Å². The Labute approximate surface area is 79.4 Å². The molecule has 70 valence electrons. The highest BCUT2D eigenvalue weighted by Crippen LogP contribution is 2.20. The predicted molar refractivity (Wildman–Crippen MR) is 50.2 cm³/mol. The standard InChI is InChI=1S/C10H7FN2O/c11-9-2-1-7(10(12)14)8-5-13-4-3-6(8)9/h1-5H,(H2,12,14). The Morgan fingerprint density at radius 2 is 2.07 bits per heavy atom. The fourth-order valence-corrected chi connectivity index (χ4v) is 1.37. The Morgan fingerprint density at radius 3 is 2.79 bits per heavy atom. The van der Waals surface area contributed by atoms with Crippen molar-refractivity contribution in [2.24, 2.45) is 5.73 Å². The van der Waals surface area contributed by atoms with Crippen LogP contribution in [0.15, 0.2) is 30.6 Å². The predicted octanol–water partition coefficient (Wildman–Crippen LogP) is 1.47. The zero-order chi connectivity index (χ0) is 10.1. The zero-order valence-electron chi connectivity index (χ0n) is 7.20. The van der Waals surface area contributed by atoms with Crippen LogP contribution in [0, 0.1) is 5.82 Å². The molecule has 0 saturated heterocycles. The molecule has 0 radical (unpaired) electrons. The highest BCUT2D eigenvalue weighted by Gasteiger charge is 2.08. The zero-order valence-corrected chi connectivity index (χ0v) is 7.20. The minimum absolute atomic E-state index is 0.287. The van der Waals surface area contributed by atoms with Crippen LogP contribution in [-0.4, -0.2) is 10.9 Å². The molecule has 4 heteroatoms. The molecule has 2 N–H and O–H groups in total. The van der Waals surface area contributed by atoms with E-state index < -0.39 is 5.91 Å². The summed E-state index contributed by atoms with van der Waals surface area (Å²) in [6, 6.07) is 4.10. The Balaban J connectivity index is 2.88. The molecular weight excluding hydrogens is 183 g/mol. The summed E-state index contributed by atoms with van der Waals surface area (Å²) in [7, 11) is 0. The number of pyridine rings is 1. The van der Waals surface area contributed by atoms with Crippen LogP contribution < -0.4 is 5.73 Å². The van der Waals surface area contributed by atoms with Gasteiger partial charge in [0.05, 0.1) is 0 Å². The molecule has 0 atom stereocenters. The van der Waals surface area contributed by atoms with Gasteiger partial charge in [0.15, 0.2) is 0 Å². The van der Waals surface area contributed by atoms with Gasteiger partial charge in [-0.1, -0.05) is 0 Å². The molecule has 0 spiro atoms. The number of halogens is 1. The summed E-state index contributed by atoms with van der Waals surface area (Å²) in [5.41, 5.74) is 5.43. The van der Waals surface area contributed by atoms with E-state index in [1.54, 1.807) is 0 Å². The number of carbonyl (C=O) groups is 1. The van der Waals surface area contributed by atoms with Gasteiger partial charge in [0.25, 0.3) is 0 Å². The van der Waals surface area contributed by atoms with Gasteiger partial charge in [-0.15, -0.1) is 0 Å².